The maximum Gasteiger partial charge on any atom is 0.0441 e. The van der Waals surface area contributed by atoms with E-state index in [4.69, 9.17) is 11.6 Å². The lowest BCUT2D eigenvalue weighted by atomic mass is 9.96. The Morgan fingerprint density at radius 2 is 1.88 bits per heavy atom. The zero-order valence-electron chi connectivity index (χ0n) is 10.5. The van der Waals surface area contributed by atoms with Crippen LogP contribution in [-0.2, 0) is 0 Å². The van der Waals surface area contributed by atoms with Gasteiger partial charge in [-0.2, -0.15) is 0 Å². The molecule has 0 aliphatic carbocycles. The number of halogens is 1. The van der Waals surface area contributed by atoms with Crippen molar-refractivity contribution in [2.45, 2.75) is 33.1 Å². The second-order valence-corrected chi connectivity index (χ2v) is 5.09. The van der Waals surface area contributed by atoms with Gasteiger partial charge in [0.2, 0.25) is 0 Å². The molecular weight excluding hydrogens is 218 g/mol. The van der Waals surface area contributed by atoms with Gasteiger partial charge in [-0.1, -0.05) is 50.6 Å². The van der Waals surface area contributed by atoms with Crippen molar-refractivity contribution in [3.05, 3.63) is 34.9 Å². The Labute approximate surface area is 104 Å². The molecule has 1 atom stereocenters. The highest BCUT2D eigenvalue weighted by atomic mass is 35.5. The summed E-state index contributed by atoms with van der Waals surface area (Å²) < 4.78 is 0. The van der Waals surface area contributed by atoms with Crippen LogP contribution in [0, 0.1) is 5.92 Å². The summed E-state index contributed by atoms with van der Waals surface area (Å²) in [5, 5.41) is 4.39. The smallest absolute Gasteiger partial charge is 0.0441 e. The van der Waals surface area contributed by atoms with Gasteiger partial charge in [0.05, 0.1) is 0 Å². The minimum Gasteiger partial charge on any atom is -0.316 e. The Balaban J connectivity index is 2.57. The Kier molecular flexibility index (Phi) is 5.86. The Bertz CT molecular complexity index is 309. The fourth-order valence-corrected chi connectivity index (χ4v) is 2.12. The molecular formula is C14H22ClN. The zero-order valence-corrected chi connectivity index (χ0v) is 11.2. The van der Waals surface area contributed by atoms with Crippen LogP contribution >= 0.6 is 11.6 Å². The van der Waals surface area contributed by atoms with Gasteiger partial charge in [0, 0.05) is 11.6 Å². The third-order valence-corrected chi connectivity index (χ3v) is 3.13. The van der Waals surface area contributed by atoms with E-state index in [-0.39, 0.29) is 0 Å². The van der Waals surface area contributed by atoms with Gasteiger partial charge >= 0.3 is 0 Å². The number of rotatable bonds is 6. The molecule has 1 N–H and O–H groups in total. The first-order chi connectivity index (χ1) is 7.65. The number of hydrogen-bond donors (Lipinski definition) is 1. The van der Waals surface area contributed by atoms with Gasteiger partial charge in [-0.05, 0) is 36.4 Å². The molecule has 0 heterocycles. The van der Waals surface area contributed by atoms with Crippen molar-refractivity contribution in [1.29, 1.82) is 0 Å². The van der Waals surface area contributed by atoms with Crippen LogP contribution in [0.3, 0.4) is 0 Å². The summed E-state index contributed by atoms with van der Waals surface area (Å²) in [5.41, 5.74) is 1.27. The SMILES string of the molecule is CCC(CNCC(C)C)c1ccccc1Cl. The number of benzene rings is 1. The number of nitrogens with one attached hydrogen (secondary N) is 1. The zero-order chi connectivity index (χ0) is 12.0. The molecule has 1 aromatic rings. The molecule has 0 radical (unpaired) electrons. The van der Waals surface area contributed by atoms with Crippen molar-refractivity contribution in [2.24, 2.45) is 5.92 Å². The average molecular weight is 240 g/mol. The van der Waals surface area contributed by atoms with Crippen LogP contribution in [0.15, 0.2) is 24.3 Å². The summed E-state index contributed by atoms with van der Waals surface area (Å²) in [6, 6.07) is 8.15. The third-order valence-electron chi connectivity index (χ3n) is 2.78. The largest absolute Gasteiger partial charge is 0.316 e. The molecule has 90 valence electrons. The highest BCUT2D eigenvalue weighted by molar-refractivity contribution is 6.31. The van der Waals surface area contributed by atoms with Crippen molar-refractivity contribution in [3.63, 3.8) is 0 Å². The van der Waals surface area contributed by atoms with Crippen LogP contribution < -0.4 is 5.32 Å². The van der Waals surface area contributed by atoms with Crippen LogP contribution in [0.1, 0.15) is 38.7 Å². The topological polar surface area (TPSA) is 12.0 Å². The third kappa shape index (κ3) is 4.15. The van der Waals surface area contributed by atoms with E-state index < -0.39 is 0 Å². The van der Waals surface area contributed by atoms with Gasteiger partial charge in [0.1, 0.15) is 0 Å². The maximum atomic E-state index is 6.21. The van der Waals surface area contributed by atoms with Gasteiger partial charge in [-0.15, -0.1) is 0 Å². The highest BCUT2D eigenvalue weighted by Gasteiger charge is 2.11. The molecule has 0 saturated carbocycles. The average Bonchev–Trinajstić information content (AvgIpc) is 2.25. The summed E-state index contributed by atoms with van der Waals surface area (Å²) in [7, 11) is 0. The molecule has 2 heteroatoms. The molecule has 0 aliphatic heterocycles. The molecule has 1 nitrogen and oxygen atoms in total. The van der Waals surface area contributed by atoms with E-state index in [1.807, 2.05) is 12.1 Å². The van der Waals surface area contributed by atoms with Gasteiger partial charge in [0.25, 0.3) is 0 Å². The molecule has 0 amide bonds. The predicted molar refractivity (Wildman–Crippen MR) is 72.2 cm³/mol. The first kappa shape index (κ1) is 13.5. The predicted octanol–water partition coefficient (Wildman–Crippen LogP) is 4.08. The van der Waals surface area contributed by atoms with Crippen LogP contribution in [0.25, 0.3) is 0 Å². The standard InChI is InChI=1S/C14H22ClN/c1-4-12(10-16-9-11(2)3)13-7-5-6-8-14(13)15/h5-8,11-12,16H,4,9-10H2,1-3H3. The van der Waals surface area contributed by atoms with Gasteiger partial charge in [-0.25, -0.2) is 0 Å². The van der Waals surface area contributed by atoms with Gasteiger partial charge in [-0.3, -0.25) is 0 Å². The second kappa shape index (κ2) is 6.93. The normalized spacial score (nSPS) is 13.1. The van der Waals surface area contributed by atoms with E-state index in [9.17, 15) is 0 Å². The summed E-state index contributed by atoms with van der Waals surface area (Å²) in [6.45, 7) is 8.75. The summed E-state index contributed by atoms with van der Waals surface area (Å²) in [6.07, 6.45) is 1.12. The Morgan fingerprint density at radius 1 is 1.19 bits per heavy atom. The molecule has 1 aromatic carbocycles. The fraction of sp³-hybridized carbons (Fsp3) is 0.571. The van der Waals surface area contributed by atoms with E-state index >= 15 is 0 Å². The van der Waals surface area contributed by atoms with E-state index in [1.165, 1.54) is 5.56 Å². The monoisotopic (exact) mass is 239 g/mol. The quantitative estimate of drug-likeness (QED) is 0.789. The number of hydrogen-bond acceptors (Lipinski definition) is 1. The first-order valence-corrected chi connectivity index (χ1v) is 6.48. The van der Waals surface area contributed by atoms with Crippen molar-refractivity contribution >= 4 is 11.6 Å². The van der Waals surface area contributed by atoms with E-state index in [0.29, 0.717) is 11.8 Å². The fourth-order valence-electron chi connectivity index (χ4n) is 1.83. The van der Waals surface area contributed by atoms with Crippen LogP contribution in [0.2, 0.25) is 5.02 Å². The first-order valence-electron chi connectivity index (χ1n) is 6.10. The Morgan fingerprint density at radius 3 is 2.44 bits per heavy atom. The van der Waals surface area contributed by atoms with Crippen LogP contribution in [0.4, 0.5) is 0 Å². The Hall–Kier alpha value is -0.530. The summed E-state index contributed by atoms with van der Waals surface area (Å²) in [4.78, 5) is 0. The van der Waals surface area contributed by atoms with Crippen molar-refractivity contribution in [3.8, 4) is 0 Å². The van der Waals surface area contributed by atoms with Gasteiger partial charge in [0.15, 0.2) is 0 Å². The maximum absolute atomic E-state index is 6.21. The molecule has 0 spiro atoms. The molecule has 0 bridgehead atoms. The van der Waals surface area contributed by atoms with Crippen molar-refractivity contribution in [2.75, 3.05) is 13.1 Å². The molecule has 0 fully saturated rings. The highest BCUT2D eigenvalue weighted by Crippen LogP contribution is 2.26. The second-order valence-electron chi connectivity index (χ2n) is 4.68. The van der Waals surface area contributed by atoms with Crippen molar-refractivity contribution in [1.82, 2.24) is 5.32 Å². The van der Waals surface area contributed by atoms with E-state index in [1.54, 1.807) is 0 Å². The van der Waals surface area contributed by atoms with Crippen molar-refractivity contribution < 1.29 is 0 Å². The van der Waals surface area contributed by atoms with Crippen LogP contribution in [-0.4, -0.2) is 13.1 Å². The molecule has 0 saturated heterocycles. The van der Waals surface area contributed by atoms with E-state index in [0.717, 1.165) is 24.5 Å². The molecule has 0 aliphatic rings. The summed E-state index contributed by atoms with van der Waals surface area (Å²) >= 11 is 6.21. The van der Waals surface area contributed by atoms with Gasteiger partial charge < -0.3 is 5.32 Å². The minimum atomic E-state index is 0.521. The molecule has 1 unspecified atom stereocenters. The van der Waals surface area contributed by atoms with Crippen LogP contribution in [0.5, 0.6) is 0 Å². The molecule has 0 aromatic heterocycles. The van der Waals surface area contributed by atoms with E-state index in [2.05, 4.69) is 38.2 Å². The lowest BCUT2D eigenvalue weighted by molar-refractivity contribution is 0.509. The lowest BCUT2D eigenvalue weighted by Gasteiger charge is -2.18. The summed E-state index contributed by atoms with van der Waals surface area (Å²) in [5.74, 6) is 1.22. The molecule has 1 rings (SSSR count). The molecule has 16 heavy (non-hydrogen) atoms. The lowest BCUT2D eigenvalue weighted by Crippen LogP contribution is -2.25. The minimum absolute atomic E-state index is 0.521.